The van der Waals surface area contributed by atoms with Gasteiger partial charge in [-0.05, 0) is 20.8 Å². The molecule has 0 aromatic heterocycles. The fourth-order valence-electron chi connectivity index (χ4n) is 1.30. The minimum Gasteiger partial charge on any atom is -0.444 e. The highest BCUT2D eigenvalue weighted by atomic mass is 19.3. The summed E-state index contributed by atoms with van der Waals surface area (Å²) < 4.78 is 30.9. The zero-order valence-corrected chi connectivity index (χ0v) is 10.2. The van der Waals surface area contributed by atoms with Gasteiger partial charge in [0.2, 0.25) is 5.91 Å². The molecular weight excluding hydrogens is 250 g/mol. The summed E-state index contributed by atoms with van der Waals surface area (Å²) in [7, 11) is 0. The number of alkyl carbamates (subject to hydrolysis) is 1. The normalized spacial score (nSPS) is 23.3. The summed E-state index contributed by atoms with van der Waals surface area (Å²) in [5.74, 6) is -6.32. The van der Waals surface area contributed by atoms with Gasteiger partial charge in [-0.25, -0.2) is 4.79 Å². The van der Waals surface area contributed by atoms with Crippen molar-refractivity contribution in [2.75, 3.05) is 0 Å². The van der Waals surface area contributed by atoms with Gasteiger partial charge in [0.05, 0.1) is 6.42 Å². The number of carbonyl (C=O) groups excluding carboxylic acids is 3. The third-order valence-corrected chi connectivity index (χ3v) is 2.04. The maximum Gasteiger partial charge on any atom is 0.408 e. The lowest BCUT2D eigenvalue weighted by atomic mass is 10.0. The molecule has 0 radical (unpaired) electrons. The van der Waals surface area contributed by atoms with Gasteiger partial charge in [0, 0.05) is 0 Å². The molecule has 1 heterocycles. The molecule has 1 unspecified atom stereocenters. The maximum absolute atomic E-state index is 13.1. The van der Waals surface area contributed by atoms with Crippen LogP contribution in [-0.4, -0.2) is 35.5 Å². The topological polar surface area (TPSA) is 84.5 Å². The fourth-order valence-corrected chi connectivity index (χ4v) is 1.30. The van der Waals surface area contributed by atoms with Crippen molar-refractivity contribution in [3.8, 4) is 0 Å². The van der Waals surface area contributed by atoms with Gasteiger partial charge >= 0.3 is 12.0 Å². The van der Waals surface area contributed by atoms with Crippen LogP contribution in [0.5, 0.6) is 0 Å². The van der Waals surface area contributed by atoms with E-state index >= 15 is 0 Å². The van der Waals surface area contributed by atoms with Crippen molar-refractivity contribution < 1.29 is 27.9 Å². The minimum atomic E-state index is -3.69. The number of hydrogen-bond donors (Lipinski definition) is 2. The van der Waals surface area contributed by atoms with Crippen LogP contribution in [0.15, 0.2) is 0 Å². The molecule has 0 aromatic rings. The molecule has 1 aliphatic rings. The van der Waals surface area contributed by atoms with Crippen LogP contribution in [-0.2, 0) is 14.3 Å². The van der Waals surface area contributed by atoms with Gasteiger partial charge in [0.25, 0.3) is 5.91 Å². The number of hydrogen-bond acceptors (Lipinski definition) is 4. The van der Waals surface area contributed by atoms with Crippen LogP contribution in [0.2, 0.25) is 0 Å². The lowest BCUT2D eigenvalue weighted by Gasteiger charge is -2.28. The standard InChI is InChI=1S/C10H14F2N2O4/c1-9(2,3)18-8(17)13-5-4-10(11,12)7(16)14-6(5)15/h5H,4H2,1-3H3,(H,13,17)(H,14,15,16). The van der Waals surface area contributed by atoms with Crippen LogP contribution in [0, 0.1) is 0 Å². The molecule has 102 valence electrons. The fraction of sp³-hybridized carbons (Fsp3) is 0.700. The average Bonchev–Trinajstić information content (AvgIpc) is 2.10. The van der Waals surface area contributed by atoms with Crippen LogP contribution in [0.4, 0.5) is 13.6 Å². The average molecular weight is 264 g/mol. The van der Waals surface area contributed by atoms with Crippen LogP contribution in [0.3, 0.4) is 0 Å². The van der Waals surface area contributed by atoms with Crippen molar-refractivity contribution in [2.24, 2.45) is 0 Å². The third-order valence-electron chi connectivity index (χ3n) is 2.04. The van der Waals surface area contributed by atoms with Crippen molar-refractivity contribution in [3.05, 3.63) is 0 Å². The second kappa shape index (κ2) is 4.51. The van der Waals surface area contributed by atoms with Crippen molar-refractivity contribution in [3.63, 3.8) is 0 Å². The second-order valence-corrected chi connectivity index (χ2v) is 4.93. The highest BCUT2D eigenvalue weighted by Crippen LogP contribution is 2.24. The molecule has 1 fully saturated rings. The smallest absolute Gasteiger partial charge is 0.408 e. The first-order valence-electron chi connectivity index (χ1n) is 5.24. The first-order chi connectivity index (χ1) is 8.01. The zero-order chi connectivity index (χ0) is 14.1. The molecule has 1 saturated heterocycles. The van der Waals surface area contributed by atoms with E-state index in [1.54, 1.807) is 20.8 Å². The Labute approximate surface area is 102 Å². The Kier molecular flexibility index (Phi) is 3.59. The third kappa shape index (κ3) is 3.64. The number of ether oxygens (including phenoxy) is 1. The molecule has 3 amide bonds. The molecular formula is C10H14F2N2O4. The molecule has 6 nitrogen and oxygen atoms in total. The largest absolute Gasteiger partial charge is 0.444 e. The summed E-state index contributed by atoms with van der Waals surface area (Å²) >= 11 is 0. The van der Waals surface area contributed by atoms with E-state index in [1.807, 2.05) is 5.32 Å². The number of carbonyl (C=O) groups is 3. The molecule has 1 aliphatic heterocycles. The molecule has 1 rings (SSSR count). The lowest BCUT2D eigenvalue weighted by Crippen LogP contribution is -2.60. The van der Waals surface area contributed by atoms with Crippen LogP contribution >= 0.6 is 0 Å². The van der Waals surface area contributed by atoms with E-state index in [4.69, 9.17) is 4.74 Å². The molecule has 18 heavy (non-hydrogen) atoms. The SMILES string of the molecule is CC(C)(C)OC(=O)NC1CC(F)(F)C(=O)NC1=O. The zero-order valence-electron chi connectivity index (χ0n) is 10.2. The van der Waals surface area contributed by atoms with E-state index in [9.17, 15) is 23.2 Å². The predicted octanol–water partition coefficient (Wildman–Crippen LogP) is 0.561. The quantitative estimate of drug-likeness (QED) is 0.678. The molecule has 0 bridgehead atoms. The molecule has 2 N–H and O–H groups in total. The Morgan fingerprint density at radius 3 is 2.50 bits per heavy atom. The summed E-state index contributed by atoms with van der Waals surface area (Å²) in [6.07, 6.45) is -2.07. The van der Waals surface area contributed by atoms with Gasteiger partial charge in [-0.2, -0.15) is 8.78 Å². The Balaban J connectivity index is 2.65. The van der Waals surface area contributed by atoms with Crippen molar-refractivity contribution >= 4 is 17.9 Å². The van der Waals surface area contributed by atoms with Gasteiger partial charge in [0.1, 0.15) is 11.6 Å². The number of alkyl halides is 2. The number of amides is 3. The summed E-state index contributed by atoms with van der Waals surface area (Å²) in [4.78, 5) is 33.3. The van der Waals surface area contributed by atoms with Gasteiger partial charge in [-0.3, -0.25) is 14.9 Å². The van der Waals surface area contributed by atoms with Gasteiger partial charge in [0.15, 0.2) is 0 Å². The summed E-state index contributed by atoms with van der Waals surface area (Å²) in [5.41, 5.74) is -0.812. The van der Waals surface area contributed by atoms with Crippen LogP contribution in [0.25, 0.3) is 0 Å². The van der Waals surface area contributed by atoms with Crippen LogP contribution < -0.4 is 10.6 Å². The maximum atomic E-state index is 13.1. The van der Waals surface area contributed by atoms with Crippen molar-refractivity contribution in [1.82, 2.24) is 10.6 Å². The summed E-state index contributed by atoms with van der Waals surface area (Å²) in [6, 6.07) is -1.49. The van der Waals surface area contributed by atoms with E-state index in [2.05, 4.69) is 0 Å². The van der Waals surface area contributed by atoms with Crippen molar-refractivity contribution in [2.45, 2.75) is 44.8 Å². The van der Waals surface area contributed by atoms with Gasteiger partial charge in [-0.1, -0.05) is 0 Å². The summed E-state index contributed by atoms with van der Waals surface area (Å²) in [5, 5.41) is 3.49. The lowest BCUT2D eigenvalue weighted by molar-refractivity contribution is -0.157. The Bertz CT molecular complexity index is 390. The first-order valence-corrected chi connectivity index (χ1v) is 5.24. The predicted molar refractivity (Wildman–Crippen MR) is 55.9 cm³/mol. The van der Waals surface area contributed by atoms with E-state index in [0.717, 1.165) is 0 Å². The first kappa shape index (κ1) is 14.3. The Morgan fingerprint density at radius 1 is 1.44 bits per heavy atom. The number of rotatable bonds is 1. The number of imide groups is 1. The molecule has 0 saturated carbocycles. The number of nitrogens with one attached hydrogen (secondary N) is 2. The van der Waals surface area contributed by atoms with E-state index in [-0.39, 0.29) is 0 Å². The van der Waals surface area contributed by atoms with Crippen molar-refractivity contribution in [1.29, 1.82) is 0 Å². The van der Waals surface area contributed by atoms with Gasteiger partial charge in [-0.15, -0.1) is 0 Å². The molecule has 0 spiro atoms. The second-order valence-electron chi connectivity index (χ2n) is 4.93. The molecule has 1 atom stereocenters. The minimum absolute atomic E-state index is 0.812. The highest BCUT2D eigenvalue weighted by Gasteiger charge is 2.49. The van der Waals surface area contributed by atoms with Gasteiger partial charge < -0.3 is 10.1 Å². The van der Waals surface area contributed by atoms with E-state index in [0.29, 0.717) is 0 Å². The van der Waals surface area contributed by atoms with E-state index in [1.165, 1.54) is 5.32 Å². The monoisotopic (exact) mass is 264 g/mol. The summed E-state index contributed by atoms with van der Waals surface area (Å²) in [6.45, 7) is 4.77. The number of halogens is 2. The van der Waals surface area contributed by atoms with Crippen LogP contribution in [0.1, 0.15) is 27.2 Å². The van der Waals surface area contributed by atoms with E-state index < -0.39 is 41.9 Å². The molecule has 8 heteroatoms. The Morgan fingerprint density at radius 2 is 2.00 bits per heavy atom. The molecule has 0 aliphatic carbocycles. The Hall–Kier alpha value is -1.73. The number of piperidine rings is 1. The molecule has 0 aromatic carbocycles. The highest BCUT2D eigenvalue weighted by molar-refractivity contribution is 6.04.